The summed E-state index contributed by atoms with van der Waals surface area (Å²) in [7, 11) is 0. The molecule has 0 unspecified atom stereocenters. The zero-order valence-electron chi connectivity index (χ0n) is 21.4. The van der Waals surface area contributed by atoms with Gasteiger partial charge < -0.3 is 10.6 Å². The molecule has 11 heteroatoms. The first-order chi connectivity index (χ1) is 17.8. The number of fused-ring (bicyclic) bond motifs is 1. The van der Waals surface area contributed by atoms with Crippen molar-refractivity contribution < 1.29 is 9.59 Å². The van der Waals surface area contributed by atoms with Gasteiger partial charge in [-0.1, -0.05) is 12.1 Å². The number of hydrogen-bond donors (Lipinski definition) is 1. The number of primary amides is 1. The highest BCUT2D eigenvalue weighted by Crippen LogP contribution is 2.20. The number of benzene rings is 1. The Morgan fingerprint density at radius 2 is 1.76 bits per heavy atom. The minimum atomic E-state index is -0.420. The fraction of sp³-hybridized carbons (Fsp3) is 0.385. The minimum Gasteiger partial charge on any atom is -0.366 e. The zero-order valence-corrected chi connectivity index (χ0v) is 21.4. The van der Waals surface area contributed by atoms with Crippen molar-refractivity contribution in [1.82, 2.24) is 39.4 Å². The van der Waals surface area contributed by atoms with Crippen LogP contribution in [-0.2, 0) is 17.8 Å². The average molecular weight is 502 g/mol. The number of piperazine rings is 1. The maximum atomic E-state index is 13.0. The van der Waals surface area contributed by atoms with Crippen LogP contribution < -0.4 is 5.73 Å². The molecule has 192 valence electrons. The molecule has 1 aromatic carbocycles. The van der Waals surface area contributed by atoms with Gasteiger partial charge in [-0.05, 0) is 62.6 Å². The van der Waals surface area contributed by atoms with Gasteiger partial charge in [-0.15, -0.1) is 15.3 Å². The molecule has 1 saturated heterocycles. The van der Waals surface area contributed by atoms with Crippen molar-refractivity contribution in [3.8, 4) is 5.82 Å². The summed E-state index contributed by atoms with van der Waals surface area (Å²) in [4.78, 5) is 28.7. The second-order valence-electron chi connectivity index (χ2n) is 9.49. The van der Waals surface area contributed by atoms with Crippen molar-refractivity contribution in [3.63, 3.8) is 0 Å². The molecule has 1 fully saturated rings. The largest absolute Gasteiger partial charge is 0.366 e. The summed E-state index contributed by atoms with van der Waals surface area (Å²) >= 11 is 0. The maximum Gasteiger partial charge on any atom is 0.248 e. The van der Waals surface area contributed by atoms with Gasteiger partial charge in [0, 0.05) is 50.4 Å². The second kappa shape index (κ2) is 10.1. The van der Waals surface area contributed by atoms with Crippen LogP contribution in [-0.4, -0.2) is 77.4 Å². The molecule has 5 rings (SSSR count). The summed E-state index contributed by atoms with van der Waals surface area (Å²) in [6.45, 7) is 9.53. The van der Waals surface area contributed by atoms with E-state index in [2.05, 4.69) is 20.2 Å². The molecule has 1 aliphatic rings. The quantitative estimate of drug-likeness (QED) is 0.407. The molecule has 0 radical (unpaired) electrons. The van der Waals surface area contributed by atoms with Gasteiger partial charge in [0.25, 0.3) is 0 Å². The van der Waals surface area contributed by atoms with Crippen LogP contribution in [0.3, 0.4) is 0 Å². The molecule has 37 heavy (non-hydrogen) atoms. The van der Waals surface area contributed by atoms with E-state index in [1.165, 1.54) is 0 Å². The summed E-state index contributed by atoms with van der Waals surface area (Å²) in [5, 5.41) is 17.5. The molecule has 0 spiro atoms. The van der Waals surface area contributed by atoms with Crippen LogP contribution in [0.15, 0.2) is 36.4 Å². The van der Waals surface area contributed by atoms with E-state index >= 15 is 0 Å². The summed E-state index contributed by atoms with van der Waals surface area (Å²) in [5.74, 6) is 1.13. The lowest BCUT2D eigenvalue weighted by Gasteiger charge is -2.35. The first kappa shape index (κ1) is 24.6. The van der Waals surface area contributed by atoms with Gasteiger partial charge in [0.2, 0.25) is 11.8 Å². The summed E-state index contributed by atoms with van der Waals surface area (Å²) < 4.78 is 3.52. The molecule has 0 aliphatic carbocycles. The standard InChI is InChI=1S/C26H31N9O2/c1-17-22(18(2)34(30-17)24-9-8-23-29-28-19(3)35(23)31-24)7-10-25(36)33-13-11-32(12-14-33)16-20-5-4-6-21(15-20)26(27)37/h4-6,8-9,15H,7,10-14,16H2,1-3H3,(H2,27,37). The fourth-order valence-electron chi connectivity index (χ4n) is 4.89. The van der Waals surface area contributed by atoms with E-state index in [-0.39, 0.29) is 5.91 Å². The van der Waals surface area contributed by atoms with Gasteiger partial charge >= 0.3 is 0 Å². The molecule has 4 aromatic rings. The van der Waals surface area contributed by atoms with Crippen molar-refractivity contribution in [2.24, 2.45) is 5.73 Å². The third-order valence-corrected chi connectivity index (χ3v) is 6.99. The van der Waals surface area contributed by atoms with Crippen LogP contribution in [0.4, 0.5) is 0 Å². The lowest BCUT2D eigenvalue weighted by molar-refractivity contribution is -0.133. The predicted molar refractivity (Wildman–Crippen MR) is 137 cm³/mol. The van der Waals surface area contributed by atoms with Gasteiger partial charge in [-0.25, -0.2) is 4.68 Å². The molecule has 0 bridgehead atoms. The number of rotatable bonds is 7. The monoisotopic (exact) mass is 501 g/mol. The highest BCUT2D eigenvalue weighted by atomic mass is 16.2. The lowest BCUT2D eigenvalue weighted by Crippen LogP contribution is -2.48. The first-order valence-electron chi connectivity index (χ1n) is 12.4. The normalized spacial score (nSPS) is 14.4. The van der Waals surface area contributed by atoms with E-state index in [0.29, 0.717) is 48.8 Å². The van der Waals surface area contributed by atoms with Crippen LogP contribution in [0.1, 0.15) is 45.1 Å². The number of aryl methyl sites for hydroxylation is 2. The fourth-order valence-corrected chi connectivity index (χ4v) is 4.89. The Morgan fingerprint density at radius 3 is 2.51 bits per heavy atom. The molecule has 2 N–H and O–H groups in total. The Kier molecular flexibility index (Phi) is 6.70. The Hall–Kier alpha value is -4.12. The van der Waals surface area contributed by atoms with Crippen molar-refractivity contribution in [2.75, 3.05) is 26.2 Å². The molecule has 1 aliphatic heterocycles. The maximum absolute atomic E-state index is 13.0. The molecule has 3 aromatic heterocycles. The Morgan fingerprint density at radius 1 is 0.973 bits per heavy atom. The number of amides is 2. The van der Waals surface area contributed by atoms with E-state index in [0.717, 1.165) is 42.1 Å². The topological polar surface area (TPSA) is 128 Å². The van der Waals surface area contributed by atoms with Crippen LogP contribution >= 0.6 is 0 Å². The highest BCUT2D eigenvalue weighted by molar-refractivity contribution is 5.92. The summed E-state index contributed by atoms with van der Waals surface area (Å²) in [6.07, 6.45) is 1.07. The van der Waals surface area contributed by atoms with Gasteiger partial charge in [-0.3, -0.25) is 14.5 Å². The van der Waals surface area contributed by atoms with Crippen molar-refractivity contribution in [1.29, 1.82) is 0 Å². The number of nitrogens with two attached hydrogens (primary N) is 1. The number of aromatic nitrogens is 6. The number of carbonyl (C=O) groups is 2. The first-order valence-corrected chi connectivity index (χ1v) is 12.4. The lowest BCUT2D eigenvalue weighted by atomic mass is 10.1. The average Bonchev–Trinajstić information content (AvgIpc) is 3.41. The third-order valence-electron chi connectivity index (χ3n) is 6.99. The van der Waals surface area contributed by atoms with Gasteiger partial charge in [0.05, 0.1) is 5.69 Å². The highest BCUT2D eigenvalue weighted by Gasteiger charge is 2.22. The van der Waals surface area contributed by atoms with Crippen LogP contribution in [0.5, 0.6) is 0 Å². The van der Waals surface area contributed by atoms with Crippen molar-refractivity contribution >= 4 is 17.5 Å². The molecular weight excluding hydrogens is 470 g/mol. The van der Waals surface area contributed by atoms with Crippen molar-refractivity contribution in [2.45, 2.75) is 40.2 Å². The molecular formula is C26H31N9O2. The van der Waals surface area contributed by atoms with E-state index < -0.39 is 5.91 Å². The summed E-state index contributed by atoms with van der Waals surface area (Å²) in [5.41, 5.74) is 10.6. The Bertz CT molecular complexity index is 1460. The van der Waals surface area contributed by atoms with Gasteiger partial charge in [-0.2, -0.15) is 9.61 Å². The third kappa shape index (κ3) is 5.08. The number of nitrogens with zero attached hydrogens (tertiary/aromatic N) is 8. The second-order valence-corrected chi connectivity index (χ2v) is 9.49. The molecule has 4 heterocycles. The van der Waals surface area contributed by atoms with Gasteiger partial charge in [0.1, 0.15) is 0 Å². The molecule has 0 atom stereocenters. The van der Waals surface area contributed by atoms with E-state index in [9.17, 15) is 9.59 Å². The van der Waals surface area contributed by atoms with Crippen LogP contribution in [0.2, 0.25) is 0 Å². The minimum absolute atomic E-state index is 0.154. The molecule has 11 nitrogen and oxygen atoms in total. The van der Waals surface area contributed by atoms with Crippen LogP contribution in [0.25, 0.3) is 11.5 Å². The Labute approximate surface area is 214 Å². The Balaban J connectivity index is 1.18. The molecule has 2 amide bonds. The van der Waals surface area contributed by atoms with E-state index in [4.69, 9.17) is 10.8 Å². The molecule has 0 saturated carbocycles. The SMILES string of the molecule is Cc1nn(-c2ccc3nnc(C)n3n2)c(C)c1CCC(=O)N1CCN(Cc2cccc(C(N)=O)c2)CC1. The van der Waals surface area contributed by atoms with E-state index in [1.54, 1.807) is 10.6 Å². The number of carbonyl (C=O) groups excluding carboxylic acids is 2. The summed E-state index contributed by atoms with van der Waals surface area (Å²) in [6, 6.07) is 11.2. The number of hydrogen-bond acceptors (Lipinski definition) is 7. The smallest absolute Gasteiger partial charge is 0.248 e. The van der Waals surface area contributed by atoms with Crippen molar-refractivity contribution in [3.05, 3.63) is 70.3 Å². The van der Waals surface area contributed by atoms with E-state index in [1.807, 2.05) is 60.7 Å². The van der Waals surface area contributed by atoms with Crippen LogP contribution in [0, 0.1) is 20.8 Å². The zero-order chi connectivity index (χ0) is 26.1. The predicted octanol–water partition coefficient (Wildman–Crippen LogP) is 1.61. The van der Waals surface area contributed by atoms with Gasteiger partial charge in [0.15, 0.2) is 17.3 Å².